The van der Waals surface area contributed by atoms with Crippen molar-refractivity contribution >= 4 is 5.97 Å². The average Bonchev–Trinajstić information content (AvgIpc) is 2.42. The first-order valence-corrected chi connectivity index (χ1v) is 6.12. The molecule has 1 N–H and O–H groups in total. The minimum atomic E-state index is -1.10. The van der Waals surface area contributed by atoms with Crippen molar-refractivity contribution < 1.29 is 18.7 Å². The number of carboxylic acid groups (broad SMARTS) is 1. The molecule has 0 unspecified atom stereocenters. The first-order chi connectivity index (χ1) is 9.34. The third-order valence-electron chi connectivity index (χ3n) is 3.38. The average molecular weight is 276 g/mol. The third-order valence-corrected chi connectivity index (χ3v) is 3.38. The molecule has 0 aromatic heterocycles. The van der Waals surface area contributed by atoms with Crippen LogP contribution in [0.2, 0.25) is 0 Å². The van der Waals surface area contributed by atoms with Crippen LogP contribution in [0.15, 0.2) is 42.5 Å². The summed E-state index contributed by atoms with van der Waals surface area (Å²) in [4.78, 5) is 11.3. The van der Waals surface area contributed by atoms with Crippen LogP contribution in [-0.2, 0) is 10.2 Å². The van der Waals surface area contributed by atoms with E-state index in [1.54, 1.807) is 38.1 Å². The van der Waals surface area contributed by atoms with Gasteiger partial charge in [-0.25, -0.2) is 8.78 Å². The molecule has 0 aliphatic carbocycles. The molecular formula is C16H14F2O2. The number of benzene rings is 2. The summed E-state index contributed by atoms with van der Waals surface area (Å²) in [7, 11) is 0. The first kappa shape index (κ1) is 14.2. The Kier molecular flexibility index (Phi) is 3.57. The number of carbonyl (C=O) groups is 1. The van der Waals surface area contributed by atoms with Gasteiger partial charge in [-0.3, -0.25) is 4.79 Å². The highest BCUT2D eigenvalue weighted by Crippen LogP contribution is 2.30. The van der Waals surface area contributed by atoms with Crippen LogP contribution in [0.3, 0.4) is 0 Å². The van der Waals surface area contributed by atoms with Crippen molar-refractivity contribution in [3.63, 3.8) is 0 Å². The van der Waals surface area contributed by atoms with Crippen LogP contribution in [0.1, 0.15) is 19.4 Å². The Bertz CT molecular complexity index is 663. The first-order valence-electron chi connectivity index (χ1n) is 6.12. The minimum absolute atomic E-state index is 0.119. The zero-order valence-electron chi connectivity index (χ0n) is 11.2. The fourth-order valence-electron chi connectivity index (χ4n) is 1.93. The Morgan fingerprint density at radius 1 is 1.10 bits per heavy atom. The Morgan fingerprint density at radius 3 is 2.40 bits per heavy atom. The van der Waals surface area contributed by atoms with E-state index in [4.69, 9.17) is 0 Å². The fraction of sp³-hybridized carbons (Fsp3) is 0.188. The zero-order chi connectivity index (χ0) is 14.9. The SMILES string of the molecule is CC(C)(C(=O)O)c1cccc(-c2cccc(F)c2F)c1. The number of hydrogen-bond acceptors (Lipinski definition) is 1. The van der Waals surface area contributed by atoms with Crippen LogP contribution < -0.4 is 0 Å². The smallest absolute Gasteiger partial charge is 0.313 e. The van der Waals surface area contributed by atoms with Crippen LogP contribution >= 0.6 is 0 Å². The van der Waals surface area contributed by atoms with Crippen LogP contribution in [0.25, 0.3) is 11.1 Å². The van der Waals surface area contributed by atoms with Crippen molar-refractivity contribution in [2.24, 2.45) is 0 Å². The van der Waals surface area contributed by atoms with Gasteiger partial charge in [-0.1, -0.05) is 30.3 Å². The standard InChI is InChI=1S/C16H14F2O2/c1-16(2,15(19)20)11-6-3-5-10(9-11)12-7-4-8-13(17)14(12)18/h3-9H,1-2H3,(H,19,20). The van der Waals surface area contributed by atoms with Gasteiger partial charge in [-0.2, -0.15) is 0 Å². The van der Waals surface area contributed by atoms with Gasteiger partial charge in [0.2, 0.25) is 0 Å². The topological polar surface area (TPSA) is 37.3 Å². The van der Waals surface area contributed by atoms with Crippen molar-refractivity contribution in [1.82, 2.24) is 0 Å². The Labute approximate surface area is 115 Å². The molecule has 2 rings (SSSR count). The maximum atomic E-state index is 13.8. The van der Waals surface area contributed by atoms with Gasteiger partial charge in [0.15, 0.2) is 11.6 Å². The summed E-state index contributed by atoms with van der Waals surface area (Å²) in [6, 6.07) is 10.4. The minimum Gasteiger partial charge on any atom is -0.481 e. The highest BCUT2D eigenvalue weighted by atomic mass is 19.2. The van der Waals surface area contributed by atoms with E-state index in [-0.39, 0.29) is 5.56 Å². The fourth-order valence-corrected chi connectivity index (χ4v) is 1.93. The van der Waals surface area contributed by atoms with Crippen molar-refractivity contribution in [2.45, 2.75) is 19.3 Å². The number of carboxylic acids is 1. The molecule has 0 heterocycles. The lowest BCUT2D eigenvalue weighted by atomic mass is 9.83. The molecule has 0 fully saturated rings. The Balaban J connectivity index is 2.56. The number of aliphatic carboxylic acids is 1. The summed E-state index contributed by atoms with van der Waals surface area (Å²) in [6.45, 7) is 3.13. The van der Waals surface area contributed by atoms with Gasteiger partial charge in [0.25, 0.3) is 0 Å². The molecule has 0 atom stereocenters. The number of hydrogen-bond donors (Lipinski definition) is 1. The molecule has 0 aliphatic rings. The van der Waals surface area contributed by atoms with Crippen molar-refractivity contribution in [2.75, 3.05) is 0 Å². The molecule has 4 heteroatoms. The lowest BCUT2D eigenvalue weighted by Crippen LogP contribution is -2.28. The molecule has 2 aromatic carbocycles. The van der Waals surface area contributed by atoms with Gasteiger partial charge in [0.1, 0.15) is 0 Å². The molecule has 0 saturated carbocycles. The van der Waals surface area contributed by atoms with Gasteiger partial charge in [0, 0.05) is 5.56 Å². The van der Waals surface area contributed by atoms with E-state index < -0.39 is 23.0 Å². The van der Waals surface area contributed by atoms with Gasteiger partial charge < -0.3 is 5.11 Å². The monoisotopic (exact) mass is 276 g/mol. The molecule has 20 heavy (non-hydrogen) atoms. The molecule has 104 valence electrons. The molecule has 0 spiro atoms. The number of halogens is 2. The van der Waals surface area contributed by atoms with E-state index in [1.165, 1.54) is 12.1 Å². The van der Waals surface area contributed by atoms with Crippen LogP contribution in [0.4, 0.5) is 8.78 Å². The molecule has 0 saturated heterocycles. The van der Waals surface area contributed by atoms with Crippen molar-refractivity contribution in [3.05, 3.63) is 59.7 Å². The number of rotatable bonds is 3. The second-order valence-electron chi connectivity index (χ2n) is 5.11. The molecule has 0 radical (unpaired) electrons. The van der Waals surface area contributed by atoms with E-state index in [9.17, 15) is 18.7 Å². The lowest BCUT2D eigenvalue weighted by molar-refractivity contribution is -0.142. The lowest BCUT2D eigenvalue weighted by Gasteiger charge is -2.20. The van der Waals surface area contributed by atoms with Gasteiger partial charge in [-0.15, -0.1) is 0 Å². The van der Waals surface area contributed by atoms with E-state index >= 15 is 0 Å². The predicted molar refractivity (Wildman–Crippen MR) is 72.5 cm³/mol. The highest BCUT2D eigenvalue weighted by molar-refractivity contribution is 5.81. The maximum absolute atomic E-state index is 13.8. The van der Waals surface area contributed by atoms with Gasteiger partial charge in [0.05, 0.1) is 5.41 Å². The molecule has 0 aliphatic heterocycles. The third kappa shape index (κ3) is 2.41. The summed E-state index contributed by atoms with van der Waals surface area (Å²) in [5.74, 6) is -2.84. The molecule has 0 amide bonds. The van der Waals surface area contributed by atoms with Crippen molar-refractivity contribution in [3.8, 4) is 11.1 Å². The predicted octanol–water partition coefficient (Wildman–Crippen LogP) is 3.99. The quantitative estimate of drug-likeness (QED) is 0.920. The van der Waals surface area contributed by atoms with Gasteiger partial charge >= 0.3 is 5.97 Å². The highest BCUT2D eigenvalue weighted by Gasteiger charge is 2.29. The summed E-state index contributed by atoms with van der Waals surface area (Å²) in [5.41, 5.74) is 0.00724. The molecule has 2 aromatic rings. The zero-order valence-corrected chi connectivity index (χ0v) is 11.2. The van der Waals surface area contributed by atoms with Crippen LogP contribution in [-0.4, -0.2) is 11.1 Å². The van der Waals surface area contributed by atoms with E-state index in [2.05, 4.69) is 0 Å². The second kappa shape index (κ2) is 5.04. The summed E-state index contributed by atoms with van der Waals surface area (Å²) in [6.07, 6.45) is 0. The molecular weight excluding hydrogens is 262 g/mol. The second-order valence-corrected chi connectivity index (χ2v) is 5.11. The molecule has 2 nitrogen and oxygen atoms in total. The Hall–Kier alpha value is -2.23. The van der Waals surface area contributed by atoms with Crippen LogP contribution in [0.5, 0.6) is 0 Å². The van der Waals surface area contributed by atoms with E-state index in [0.717, 1.165) is 6.07 Å². The molecule has 0 bridgehead atoms. The Morgan fingerprint density at radius 2 is 1.75 bits per heavy atom. The largest absolute Gasteiger partial charge is 0.481 e. The van der Waals surface area contributed by atoms with E-state index in [1.807, 2.05) is 0 Å². The van der Waals surface area contributed by atoms with Crippen molar-refractivity contribution in [1.29, 1.82) is 0 Å². The summed E-state index contributed by atoms with van der Waals surface area (Å²) >= 11 is 0. The van der Waals surface area contributed by atoms with E-state index in [0.29, 0.717) is 11.1 Å². The normalized spacial score (nSPS) is 11.4. The summed E-state index contributed by atoms with van der Waals surface area (Å²) in [5, 5.41) is 9.22. The maximum Gasteiger partial charge on any atom is 0.313 e. The van der Waals surface area contributed by atoms with Crippen LogP contribution in [0, 0.1) is 11.6 Å². The van der Waals surface area contributed by atoms with Gasteiger partial charge in [-0.05, 0) is 37.1 Å². The summed E-state index contributed by atoms with van der Waals surface area (Å²) < 4.78 is 27.0.